The normalized spacial score (nSPS) is 19.6. The number of carbonyl (C=O) groups is 1. The van der Waals surface area contributed by atoms with E-state index in [9.17, 15) is 4.79 Å². The Bertz CT molecular complexity index is 732. The minimum Gasteiger partial charge on any atom is -0.457 e. The number of nitrogens with two attached hydrogens (primary N) is 1. The Morgan fingerprint density at radius 1 is 1.16 bits per heavy atom. The number of aryl methyl sites for hydroxylation is 1. The van der Waals surface area contributed by atoms with Crippen molar-refractivity contribution in [3.63, 3.8) is 0 Å². The van der Waals surface area contributed by atoms with Gasteiger partial charge in [0.15, 0.2) is 0 Å². The van der Waals surface area contributed by atoms with Gasteiger partial charge in [-0.15, -0.1) is 0 Å². The molecule has 3 N–H and O–H groups in total. The monoisotopic (exact) mass is 340 g/mol. The van der Waals surface area contributed by atoms with Crippen LogP contribution in [0.1, 0.15) is 24.0 Å². The van der Waals surface area contributed by atoms with Gasteiger partial charge in [0.25, 0.3) is 0 Å². The zero-order valence-electron chi connectivity index (χ0n) is 14.4. The van der Waals surface area contributed by atoms with Crippen molar-refractivity contribution in [1.29, 1.82) is 0 Å². The first-order chi connectivity index (χ1) is 12.2. The average molecular weight is 340 g/mol. The van der Waals surface area contributed by atoms with Gasteiger partial charge >= 0.3 is 0 Å². The zero-order chi connectivity index (χ0) is 17.6. The highest BCUT2D eigenvalue weighted by Crippen LogP contribution is 2.27. The van der Waals surface area contributed by atoms with Gasteiger partial charge in [-0.3, -0.25) is 4.79 Å². The third-order valence-electron chi connectivity index (χ3n) is 4.40. The van der Waals surface area contributed by atoms with Crippen molar-refractivity contribution in [3.8, 4) is 11.5 Å². The van der Waals surface area contributed by atoms with Gasteiger partial charge in [-0.2, -0.15) is 0 Å². The average Bonchev–Trinajstić information content (AvgIpc) is 3.12. The molecule has 1 amide bonds. The van der Waals surface area contributed by atoms with E-state index in [-0.39, 0.29) is 12.0 Å². The van der Waals surface area contributed by atoms with Crippen LogP contribution < -0.4 is 15.8 Å². The number of nitrogens with one attached hydrogen (secondary N) is 1. The SMILES string of the molecule is Cc1ccccc1Oc1ccccc1CNC(=O)[C@@H]1CC[C@H](CN)O1. The summed E-state index contributed by atoms with van der Waals surface area (Å²) in [5.41, 5.74) is 7.58. The minimum absolute atomic E-state index is 0.00701. The van der Waals surface area contributed by atoms with Gasteiger partial charge < -0.3 is 20.5 Å². The Morgan fingerprint density at radius 2 is 1.88 bits per heavy atom. The smallest absolute Gasteiger partial charge is 0.249 e. The highest BCUT2D eigenvalue weighted by Gasteiger charge is 2.29. The summed E-state index contributed by atoms with van der Waals surface area (Å²) >= 11 is 0. The van der Waals surface area contributed by atoms with Gasteiger partial charge in [0.2, 0.25) is 5.91 Å². The van der Waals surface area contributed by atoms with Crippen LogP contribution in [0.15, 0.2) is 48.5 Å². The second-order valence-corrected chi connectivity index (χ2v) is 6.25. The van der Waals surface area contributed by atoms with Crippen molar-refractivity contribution in [2.24, 2.45) is 5.73 Å². The van der Waals surface area contributed by atoms with Gasteiger partial charge in [0.05, 0.1) is 6.10 Å². The molecule has 1 fully saturated rings. The molecular weight excluding hydrogens is 316 g/mol. The molecule has 132 valence electrons. The Kier molecular flexibility index (Phi) is 5.68. The van der Waals surface area contributed by atoms with E-state index in [2.05, 4.69) is 5.32 Å². The molecule has 2 atom stereocenters. The fourth-order valence-electron chi connectivity index (χ4n) is 2.91. The first kappa shape index (κ1) is 17.5. The van der Waals surface area contributed by atoms with E-state index in [0.29, 0.717) is 13.1 Å². The van der Waals surface area contributed by atoms with Crippen molar-refractivity contribution in [2.45, 2.75) is 38.5 Å². The number of ether oxygens (including phenoxy) is 2. The highest BCUT2D eigenvalue weighted by molar-refractivity contribution is 5.81. The Morgan fingerprint density at radius 3 is 2.60 bits per heavy atom. The highest BCUT2D eigenvalue weighted by atomic mass is 16.5. The van der Waals surface area contributed by atoms with E-state index in [1.165, 1.54) is 0 Å². The number of para-hydroxylation sites is 2. The molecule has 2 aromatic rings. The predicted molar refractivity (Wildman–Crippen MR) is 96.5 cm³/mol. The zero-order valence-corrected chi connectivity index (χ0v) is 14.4. The van der Waals surface area contributed by atoms with E-state index in [0.717, 1.165) is 35.5 Å². The third kappa shape index (κ3) is 4.38. The second-order valence-electron chi connectivity index (χ2n) is 6.25. The standard InChI is InChI=1S/C20H24N2O3/c1-14-6-2-4-8-17(14)25-18-9-5-3-7-15(18)13-22-20(23)19-11-10-16(12-21)24-19/h2-9,16,19H,10-13,21H2,1H3,(H,22,23)/t16-,19+/m1/s1. The summed E-state index contributed by atoms with van der Waals surface area (Å²) in [6.45, 7) is 2.86. The summed E-state index contributed by atoms with van der Waals surface area (Å²) in [7, 11) is 0. The summed E-state index contributed by atoms with van der Waals surface area (Å²) in [6, 6.07) is 15.6. The van der Waals surface area contributed by atoms with E-state index < -0.39 is 6.10 Å². The van der Waals surface area contributed by atoms with Crippen molar-refractivity contribution in [1.82, 2.24) is 5.32 Å². The predicted octanol–water partition coefficient (Wildman–Crippen LogP) is 2.91. The maximum atomic E-state index is 12.3. The first-order valence-electron chi connectivity index (χ1n) is 8.62. The van der Waals surface area contributed by atoms with Crippen LogP contribution in [0.5, 0.6) is 11.5 Å². The van der Waals surface area contributed by atoms with Crippen LogP contribution in [-0.4, -0.2) is 24.7 Å². The van der Waals surface area contributed by atoms with Crippen LogP contribution in [0.25, 0.3) is 0 Å². The first-order valence-corrected chi connectivity index (χ1v) is 8.62. The maximum absolute atomic E-state index is 12.3. The van der Waals surface area contributed by atoms with Crippen LogP contribution >= 0.6 is 0 Å². The molecule has 0 spiro atoms. The minimum atomic E-state index is -0.405. The lowest BCUT2D eigenvalue weighted by Crippen LogP contribution is -2.35. The summed E-state index contributed by atoms with van der Waals surface area (Å²) in [6.07, 6.45) is 1.14. The number of amides is 1. The second kappa shape index (κ2) is 8.14. The lowest BCUT2D eigenvalue weighted by atomic mass is 10.1. The van der Waals surface area contributed by atoms with Crippen molar-refractivity contribution >= 4 is 5.91 Å². The van der Waals surface area contributed by atoms with E-state index in [1.54, 1.807) is 0 Å². The summed E-state index contributed by atoms with van der Waals surface area (Å²) < 4.78 is 11.7. The number of benzene rings is 2. The van der Waals surface area contributed by atoms with Gasteiger partial charge in [-0.1, -0.05) is 36.4 Å². The number of hydrogen-bond acceptors (Lipinski definition) is 4. The molecule has 0 unspecified atom stereocenters. The molecule has 0 saturated carbocycles. The molecule has 2 aromatic carbocycles. The van der Waals surface area contributed by atoms with Crippen LogP contribution in [0, 0.1) is 6.92 Å². The van der Waals surface area contributed by atoms with Crippen LogP contribution in [0.3, 0.4) is 0 Å². The largest absolute Gasteiger partial charge is 0.457 e. The Balaban J connectivity index is 1.63. The molecule has 25 heavy (non-hydrogen) atoms. The quantitative estimate of drug-likeness (QED) is 0.848. The molecule has 0 bridgehead atoms. The van der Waals surface area contributed by atoms with Crippen molar-refractivity contribution in [2.75, 3.05) is 6.54 Å². The Hall–Kier alpha value is -2.37. The summed E-state index contributed by atoms with van der Waals surface area (Å²) in [5, 5.41) is 2.94. The van der Waals surface area contributed by atoms with Gasteiger partial charge in [0, 0.05) is 18.7 Å². The molecular formula is C20H24N2O3. The molecule has 5 nitrogen and oxygen atoms in total. The molecule has 1 aliphatic heterocycles. The van der Waals surface area contributed by atoms with Crippen molar-refractivity contribution in [3.05, 3.63) is 59.7 Å². The number of carbonyl (C=O) groups excluding carboxylic acids is 1. The van der Waals surface area contributed by atoms with Crippen LogP contribution in [-0.2, 0) is 16.1 Å². The number of hydrogen-bond donors (Lipinski definition) is 2. The van der Waals surface area contributed by atoms with Gasteiger partial charge in [-0.25, -0.2) is 0 Å². The molecule has 1 saturated heterocycles. The van der Waals surface area contributed by atoms with E-state index >= 15 is 0 Å². The maximum Gasteiger partial charge on any atom is 0.249 e. The fraction of sp³-hybridized carbons (Fsp3) is 0.350. The third-order valence-corrected chi connectivity index (χ3v) is 4.40. The van der Waals surface area contributed by atoms with Gasteiger partial charge in [0.1, 0.15) is 17.6 Å². The van der Waals surface area contributed by atoms with Gasteiger partial charge in [-0.05, 0) is 37.5 Å². The Labute approximate surface area is 148 Å². The lowest BCUT2D eigenvalue weighted by Gasteiger charge is -2.15. The topological polar surface area (TPSA) is 73.6 Å². The summed E-state index contributed by atoms with van der Waals surface area (Å²) in [4.78, 5) is 12.3. The summed E-state index contributed by atoms with van der Waals surface area (Å²) in [5.74, 6) is 1.46. The molecule has 0 radical (unpaired) electrons. The van der Waals surface area contributed by atoms with E-state index in [1.807, 2.05) is 55.5 Å². The molecule has 1 aliphatic rings. The molecule has 1 heterocycles. The van der Waals surface area contributed by atoms with Crippen LogP contribution in [0.2, 0.25) is 0 Å². The molecule has 0 aliphatic carbocycles. The van der Waals surface area contributed by atoms with Crippen LogP contribution in [0.4, 0.5) is 0 Å². The fourth-order valence-corrected chi connectivity index (χ4v) is 2.91. The number of rotatable bonds is 6. The lowest BCUT2D eigenvalue weighted by molar-refractivity contribution is -0.132. The molecule has 5 heteroatoms. The van der Waals surface area contributed by atoms with E-state index in [4.69, 9.17) is 15.2 Å². The molecule has 3 rings (SSSR count). The van der Waals surface area contributed by atoms with Crippen molar-refractivity contribution < 1.29 is 14.3 Å². The molecule has 0 aromatic heterocycles.